The van der Waals surface area contributed by atoms with E-state index in [2.05, 4.69) is 46.8 Å². The summed E-state index contributed by atoms with van der Waals surface area (Å²) in [6.45, 7) is 7.93. The third-order valence-electron chi connectivity index (χ3n) is 23.7. The van der Waals surface area contributed by atoms with Crippen LogP contribution >= 0.6 is 7.82 Å². The van der Waals surface area contributed by atoms with E-state index in [-0.39, 0.29) is 25.7 Å². The Labute approximate surface area is 712 Å². The Hall–Kier alpha value is -2.79. The third kappa shape index (κ3) is 50.4. The van der Waals surface area contributed by atoms with E-state index in [9.17, 15) is 74.6 Å². The number of phosphoric acid groups is 1. The summed E-state index contributed by atoms with van der Waals surface area (Å²) in [4.78, 5) is 66.5. The normalized spacial score (nSPS) is 25.2. The van der Waals surface area contributed by atoms with Gasteiger partial charge in [-0.3, -0.25) is 28.2 Å². The van der Waals surface area contributed by atoms with Crippen LogP contribution in [0.5, 0.6) is 0 Å². The van der Waals surface area contributed by atoms with Gasteiger partial charge in [0.25, 0.3) is 0 Å². The number of ether oxygens (including phenoxy) is 8. The molecule has 0 aromatic carbocycles. The van der Waals surface area contributed by atoms with Crippen LogP contribution in [-0.2, 0) is 70.7 Å². The highest BCUT2D eigenvalue weighted by atomic mass is 31.2. The molecule has 3 aliphatic rings. The Bertz CT molecular complexity index is 2520. The number of unbranched alkanes of at least 4 members (excludes halogenated alkanes) is 47. The van der Waals surface area contributed by atoms with Crippen LogP contribution in [0.15, 0.2) is 12.2 Å². The Balaban J connectivity index is 1.92. The molecule has 0 aromatic rings. The Morgan fingerprint density at radius 3 is 1.10 bits per heavy atom. The fourth-order valence-corrected chi connectivity index (χ4v) is 16.9. The zero-order valence-electron chi connectivity index (χ0n) is 74.1. The average molecular weight is 1710 g/mol. The van der Waals surface area contributed by atoms with Crippen molar-refractivity contribution in [2.24, 2.45) is 5.92 Å². The molecule has 0 spiro atoms. The van der Waals surface area contributed by atoms with Crippen molar-refractivity contribution < 1.29 is 122 Å². The standard InChI is InChI=1S/C92H171O25P/c1-6-10-14-18-22-25-28-31-33-36-39-41-44-51-57-63-75(94)108-68-72(111-77(96)65-59-54-48-47-50-56-62-71(5)61-55-49-21-17-13-9-4)69-110-118(106,107)117-90-88(115-91-85(104)81(100)79(98)73(67-93)112-91)84(103)83(102)87(114-78(97)66-60-53-46-43-40-37-34-32-29-26-23-19-15-11-7-2)89(90)116-92-86(105)82(101)80(99)74(113-92)70-109-76(95)64-58-52-45-42-38-35-30-27-24-20-16-12-8-3/h35,38,71-74,79-93,98-105H,6-34,36-37,39-70H2,1-5H3,(H,106,107)/b38-35-. The molecule has 0 aromatic heterocycles. The Kier molecular flexibility index (Phi) is 65.2. The second-order valence-electron chi connectivity index (χ2n) is 34.5. The molecule has 0 radical (unpaired) electrons. The number of esters is 4. The topological polar surface area (TPSA) is 380 Å². The smallest absolute Gasteiger partial charge is 0.463 e. The van der Waals surface area contributed by atoms with Gasteiger partial charge < -0.3 is 88.7 Å². The first-order chi connectivity index (χ1) is 57.1. The van der Waals surface area contributed by atoms with Crippen molar-refractivity contribution in [3.8, 4) is 0 Å². The summed E-state index contributed by atoms with van der Waals surface area (Å²) < 4.78 is 73.5. The van der Waals surface area contributed by atoms with Crippen LogP contribution in [-0.4, -0.2) is 205 Å². The Morgan fingerprint density at radius 1 is 0.356 bits per heavy atom. The maximum absolute atomic E-state index is 14.9. The lowest BCUT2D eigenvalue weighted by Crippen LogP contribution is -2.70. The van der Waals surface area contributed by atoms with E-state index in [0.29, 0.717) is 44.4 Å². The van der Waals surface area contributed by atoms with Crippen LogP contribution < -0.4 is 0 Å². The van der Waals surface area contributed by atoms with Crippen LogP contribution in [0.2, 0.25) is 0 Å². The van der Waals surface area contributed by atoms with E-state index in [1.165, 1.54) is 193 Å². The van der Waals surface area contributed by atoms with Crippen molar-refractivity contribution in [1.82, 2.24) is 0 Å². The number of hydrogen-bond acceptors (Lipinski definition) is 24. The number of aliphatic hydroxyl groups excluding tert-OH is 9. The lowest BCUT2D eigenvalue weighted by molar-refractivity contribution is -0.360. The van der Waals surface area contributed by atoms with E-state index in [0.717, 1.165) is 122 Å². The molecule has 2 saturated heterocycles. The lowest BCUT2D eigenvalue weighted by atomic mass is 9.84. The van der Waals surface area contributed by atoms with E-state index in [1.54, 1.807) is 0 Å². The minimum absolute atomic E-state index is 0.00465. The van der Waals surface area contributed by atoms with Crippen molar-refractivity contribution in [2.45, 2.75) is 518 Å². The minimum atomic E-state index is -5.81. The fourth-order valence-electron chi connectivity index (χ4n) is 16.0. The van der Waals surface area contributed by atoms with Gasteiger partial charge in [-0.2, -0.15) is 0 Å². The number of phosphoric ester groups is 1. The Morgan fingerprint density at radius 2 is 0.686 bits per heavy atom. The highest BCUT2D eigenvalue weighted by Crippen LogP contribution is 2.49. The predicted octanol–water partition coefficient (Wildman–Crippen LogP) is 17.8. The molecule has 2 aliphatic heterocycles. The van der Waals surface area contributed by atoms with Gasteiger partial charge in [0.2, 0.25) is 0 Å². The van der Waals surface area contributed by atoms with Crippen LogP contribution in [0.4, 0.5) is 0 Å². The van der Waals surface area contributed by atoms with E-state index >= 15 is 0 Å². The first kappa shape index (κ1) is 109. The summed E-state index contributed by atoms with van der Waals surface area (Å²) in [6, 6.07) is 0. The zero-order chi connectivity index (χ0) is 86.2. The molecule has 19 unspecified atom stereocenters. The molecule has 10 N–H and O–H groups in total. The molecule has 0 amide bonds. The molecule has 19 atom stereocenters. The lowest BCUT2D eigenvalue weighted by Gasteiger charge is -2.50. The summed E-state index contributed by atoms with van der Waals surface area (Å²) in [5.74, 6) is -2.30. The zero-order valence-corrected chi connectivity index (χ0v) is 75.0. The largest absolute Gasteiger partial charge is 0.472 e. The van der Waals surface area contributed by atoms with Crippen molar-refractivity contribution >= 4 is 31.7 Å². The van der Waals surface area contributed by atoms with Crippen LogP contribution in [0.25, 0.3) is 0 Å². The molecule has 694 valence electrons. The highest BCUT2D eigenvalue weighted by Gasteiger charge is 2.60. The third-order valence-corrected chi connectivity index (χ3v) is 24.7. The maximum Gasteiger partial charge on any atom is 0.472 e. The van der Waals surface area contributed by atoms with Gasteiger partial charge in [-0.05, 0) is 57.3 Å². The van der Waals surface area contributed by atoms with Crippen LogP contribution in [0.1, 0.15) is 413 Å². The molecule has 25 nitrogen and oxygen atoms in total. The van der Waals surface area contributed by atoms with E-state index in [1.807, 2.05) is 0 Å². The second-order valence-corrected chi connectivity index (χ2v) is 35.9. The molecular formula is C92H171O25P. The molecule has 3 rings (SSSR count). The van der Waals surface area contributed by atoms with Crippen LogP contribution in [0.3, 0.4) is 0 Å². The quantitative estimate of drug-likeness (QED) is 0.00889. The van der Waals surface area contributed by atoms with Crippen LogP contribution in [0, 0.1) is 5.92 Å². The summed E-state index contributed by atoms with van der Waals surface area (Å²) in [5.41, 5.74) is 0. The first-order valence-electron chi connectivity index (χ1n) is 47.8. The fraction of sp³-hybridized carbons (Fsp3) is 0.935. The predicted molar refractivity (Wildman–Crippen MR) is 458 cm³/mol. The van der Waals surface area contributed by atoms with Gasteiger partial charge in [0.15, 0.2) is 24.8 Å². The number of carbonyl (C=O) groups is 4. The number of allylic oxidation sites excluding steroid dienone is 2. The molecule has 26 heteroatoms. The second kappa shape index (κ2) is 70.4. The number of rotatable bonds is 77. The van der Waals surface area contributed by atoms with Crippen molar-refractivity contribution in [2.75, 3.05) is 26.4 Å². The van der Waals surface area contributed by atoms with E-state index in [4.69, 9.17) is 46.9 Å². The van der Waals surface area contributed by atoms with Gasteiger partial charge >= 0.3 is 31.7 Å². The van der Waals surface area contributed by atoms with Gasteiger partial charge in [-0.1, -0.05) is 349 Å². The molecule has 2 heterocycles. The summed E-state index contributed by atoms with van der Waals surface area (Å²) in [6.07, 6.45) is 27.7. The van der Waals surface area contributed by atoms with Gasteiger partial charge in [-0.15, -0.1) is 0 Å². The van der Waals surface area contributed by atoms with E-state index < -0.39 is 162 Å². The van der Waals surface area contributed by atoms with Crippen molar-refractivity contribution in [3.05, 3.63) is 12.2 Å². The van der Waals surface area contributed by atoms with Crippen molar-refractivity contribution in [1.29, 1.82) is 0 Å². The SMILES string of the molecule is CCCCCCCC/C=C\CCCCCC(=O)OCC1OC(OC2C(OC(=O)CCCCCCCCCCCCCCCCC)C(O)C(O)C(OC3OC(CO)C(O)C(O)C3O)C2OP(=O)(O)OCC(COC(=O)CCCCCCCCCCCCCCCCC)OC(=O)CCCCCCCCC(C)CCCCCCCC)C(O)C(O)C1O. The number of carbonyl (C=O) groups excluding carboxylic acids is 4. The van der Waals surface area contributed by atoms with Gasteiger partial charge in [-0.25, -0.2) is 4.57 Å². The summed E-state index contributed by atoms with van der Waals surface area (Å²) >= 11 is 0. The monoisotopic (exact) mass is 1710 g/mol. The van der Waals surface area contributed by atoms with Crippen molar-refractivity contribution in [3.63, 3.8) is 0 Å². The number of hydrogen-bond donors (Lipinski definition) is 10. The molecule has 1 saturated carbocycles. The minimum Gasteiger partial charge on any atom is -0.463 e. The highest BCUT2D eigenvalue weighted by molar-refractivity contribution is 7.47. The summed E-state index contributed by atoms with van der Waals surface area (Å²) in [7, 11) is -5.81. The number of aliphatic hydroxyl groups is 9. The van der Waals surface area contributed by atoms with Gasteiger partial charge in [0.05, 0.1) is 13.2 Å². The molecule has 118 heavy (non-hydrogen) atoms. The summed E-state index contributed by atoms with van der Waals surface area (Å²) in [5, 5.41) is 102. The maximum atomic E-state index is 14.9. The molecule has 1 aliphatic carbocycles. The molecule has 3 fully saturated rings. The average Bonchev–Trinajstić information content (AvgIpc) is 0.754. The van der Waals surface area contributed by atoms with Gasteiger partial charge in [0, 0.05) is 25.7 Å². The molecule has 0 bridgehead atoms. The first-order valence-corrected chi connectivity index (χ1v) is 49.3. The molecular weight excluding hydrogens is 1540 g/mol. The van der Waals surface area contributed by atoms with Gasteiger partial charge in [0.1, 0.15) is 92.6 Å².